The van der Waals surface area contributed by atoms with Gasteiger partial charge >= 0.3 is 5.91 Å². The van der Waals surface area contributed by atoms with Crippen LogP contribution < -0.4 is 9.64 Å². The first-order valence-electron chi connectivity index (χ1n) is 7.88. The second-order valence-electron chi connectivity index (χ2n) is 6.19. The lowest BCUT2D eigenvalue weighted by atomic mass is 10.1. The van der Waals surface area contributed by atoms with Crippen molar-refractivity contribution in [2.45, 2.75) is 13.5 Å². The van der Waals surface area contributed by atoms with Gasteiger partial charge in [-0.1, -0.05) is 27.6 Å². The van der Waals surface area contributed by atoms with E-state index in [1.54, 1.807) is 13.2 Å². The predicted molar refractivity (Wildman–Crippen MR) is 100 cm³/mol. The first kappa shape index (κ1) is 17.6. The Morgan fingerprint density at radius 3 is 2.64 bits per heavy atom. The molecule has 0 radical (unpaired) electrons. The van der Waals surface area contributed by atoms with Gasteiger partial charge in [0.1, 0.15) is 5.75 Å². The third-order valence-corrected chi connectivity index (χ3v) is 4.69. The summed E-state index contributed by atoms with van der Waals surface area (Å²) < 4.78 is 6.36. The van der Waals surface area contributed by atoms with E-state index in [4.69, 9.17) is 4.74 Å². The van der Waals surface area contributed by atoms with Gasteiger partial charge in [0.25, 0.3) is 5.78 Å². The van der Waals surface area contributed by atoms with Crippen LogP contribution in [0.1, 0.15) is 21.5 Å². The van der Waals surface area contributed by atoms with Crippen LogP contribution in [0.15, 0.2) is 40.9 Å². The summed E-state index contributed by atoms with van der Waals surface area (Å²) in [6.45, 7) is 2.82. The number of Topliss-reactive ketones (excluding diaryl/α,β-unsaturated/α-hetero) is 1. The molecule has 0 atom stereocenters. The molecule has 2 aromatic carbocycles. The van der Waals surface area contributed by atoms with Crippen LogP contribution in [0.3, 0.4) is 0 Å². The zero-order valence-electron chi connectivity index (χ0n) is 14.4. The summed E-state index contributed by atoms with van der Waals surface area (Å²) in [4.78, 5) is 28.1. The summed E-state index contributed by atoms with van der Waals surface area (Å²) in [6, 6.07) is 11.3. The van der Waals surface area contributed by atoms with Crippen LogP contribution in [0.25, 0.3) is 0 Å². The first-order chi connectivity index (χ1) is 11.9. The molecule has 130 valence electrons. The maximum atomic E-state index is 12.4. The summed E-state index contributed by atoms with van der Waals surface area (Å²) in [7, 11) is 3.54. The van der Waals surface area contributed by atoms with E-state index in [2.05, 4.69) is 15.9 Å². The van der Waals surface area contributed by atoms with Crippen molar-refractivity contribution in [3.05, 3.63) is 57.6 Å². The topological polar surface area (TPSA) is 49.9 Å². The number of anilines is 1. The van der Waals surface area contributed by atoms with E-state index in [9.17, 15) is 9.59 Å². The van der Waals surface area contributed by atoms with E-state index in [1.165, 1.54) is 4.90 Å². The molecule has 0 saturated heterocycles. The number of ether oxygens (including phenoxy) is 1. The number of nitrogens with zero attached hydrogens (tertiary/aromatic N) is 2. The number of amides is 1. The molecule has 0 aliphatic carbocycles. The number of ketones is 1. The maximum Gasteiger partial charge on any atom is 0.300 e. The molecule has 25 heavy (non-hydrogen) atoms. The molecule has 0 N–H and O–H groups in total. The minimum Gasteiger partial charge on any atom is -0.496 e. The molecule has 0 unspecified atom stereocenters. The van der Waals surface area contributed by atoms with Gasteiger partial charge in [-0.05, 0) is 44.3 Å². The molecule has 1 heterocycles. The van der Waals surface area contributed by atoms with Crippen LogP contribution >= 0.6 is 15.9 Å². The van der Waals surface area contributed by atoms with Gasteiger partial charge < -0.3 is 4.74 Å². The monoisotopic (exact) mass is 402 g/mol. The fraction of sp³-hybridized carbons (Fsp3) is 0.263. The first-order valence-corrected chi connectivity index (χ1v) is 8.68. The van der Waals surface area contributed by atoms with Crippen LogP contribution in [-0.2, 0) is 11.3 Å². The Hall–Kier alpha value is -2.18. The van der Waals surface area contributed by atoms with Crippen molar-refractivity contribution in [2.75, 3.05) is 25.7 Å². The molecule has 0 spiro atoms. The SMILES string of the molecule is COc1ccc(Br)cc1CN(C)CN1C(=O)C(=O)c2cc(C)ccc21. The number of hydrogen-bond acceptors (Lipinski definition) is 4. The Bertz CT molecular complexity index is 851. The number of rotatable bonds is 5. The van der Waals surface area contributed by atoms with Crippen molar-refractivity contribution in [3.8, 4) is 5.75 Å². The molecular formula is C19H19BrN2O3. The van der Waals surface area contributed by atoms with Crippen molar-refractivity contribution in [1.82, 2.24) is 4.90 Å². The minimum absolute atomic E-state index is 0.330. The third-order valence-electron chi connectivity index (χ3n) is 4.19. The van der Waals surface area contributed by atoms with Gasteiger partial charge in [0.05, 0.1) is 25.0 Å². The highest BCUT2D eigenvalue weighted by molar-refractivity contribution is 9.10. The number of aryl methyl sites for hydroxylation is 1. The molecule has 0 saturated carbocycles. The second-order valence-corrected chi connectivity index (χ2v) is 7.11. The molecular weight excluding hydrogens is 384 g/mol. The summed E-state index contributed by atoms with van der Waals surface area (Å²) in [5.41, 5.74) is 3.13. The maximum absolute atomic E-state index is 12.4. The highest BCUT2D eigenvalue weighted by Gasteiger charge is 2.36. The van der Waals surface area contributed by atoms with Gasteiger partial charge in [-0.25, -0.2) is 0 Å². The Balaban J connectivity index is 1.80. The Morgan fingerprint density at radius 1 is 1.16 bits per heavy atom. The summed E-state index contributed by atoms with van der Waals surface area (Å²) in [5, 5.41) is 0. The average molecular weight is 403 g/mol. The molecule has 0 bridgehead atoms. The number of carbonyl (C=O) groups is 2. The molecule has 0 fully saturated rings. The van der Waals surface area contributed by atoms with Crippen LogP contribution in [0.5, 0.6) is 5.75 Å². The minimum atomic E-state index is -0.478. The quantitative estimate of drug-likeness (QED) is 0.719. The fourth-order valence-electron chi connectivity index (χ4n) is 3.01. The van der Waals surface area contributed by atoms with Crippen LogP contribution in [0, 0.1) is 6.92 Å². The molecule has 1 amide bonds. The number of methoxy groups -OCH3 is 1. The Morgan fingerprint density at radius 2 is 1.92 bits per heavy atom. The molecule has 6 heteroatoms. The molecule has 3 rings (SSSR count). The van der Waals surface area contributed by atoms with E-state index < -0.39 is 11.7 Å². The van der Waals surface area contributed by atoms with E-state index in [0.29, 0.717) is 24.5 Å². The average Bonchev–Trinajstić information content (AvgIpc) is 2.80. The van der Waals surface area contributed by atoms with Gasteiger partial charge in [0.15, 0.2) is 0 Å². The predicted octanol–water partition coefficient (Wildman–Crippen LogP) is 3.38. The van der Waals surface area contributed by atoms with Crippen molar-refractivity contribution >= 4 is 33.3 Å². The lowest BCUT2D eigenvalue weighted by Gasteiger charge is -2.25. The van der Waals surface area contributed by atoms with Crippen molar-refractivity contribution in [3.63, 3.8) is 0 Å². The number of hydrogen-bond donors (Lipinski definition) is 0. The lowest BCUT2D eigenvalue weighted by Crippen LogP contribution is -2.39. The number of benzene rings is 2. The van der Waals surface area contributed by atoms with E-state index >= 15 is 0 Å². The highest BCUT2D eigenvalue weighted by atomic mass is 79.9. The molecule has 5 nitrogen and oxygen atoms in total. The van der Waals surface area contributed by atoms with Crippen molar-refractivity contribution < 1.29 is 14.3 Å². The summed E-state index contributed by atoms with van der Waals surface area (Å²) in [6.07, 6.45) is 0. The molecule has 0 aromatic heterocycles. The Labute approximate surface area is 155 Å². The van der Waals surface area contributed by atoms with E-state index in [1.807, 2.05) is 49.2 Å². The van der Waals surface area contributed by atoms with Crippen LogP contribution in [0.2, 0.25) is 0 Å². The molecule has 1 aliphatic heterocycles. The van der Waals surface area contributed by atoms with Crippen molar-refractivity contribution in [1.29, 1.82) is 0 Å². The third kappa shape index (κ3) is 3.45. The fourth-order valence-corrected chi connectivity index (χ4v) is 3.42. The zero-order chi connectivity index (χ0) is 18.1. The largest absolute Gasteiger partial charge is 0.496 e. The van der Waals surface area contributed by atoms with Gasteiger partial charge in [-0.3, -0.25) is 19.4 Å². The standard InChI is InChI=1S/C19H19BrN2O3/c1-12-4-6-16-15(8-12)18(23)19(24)22(16)11-21(2)10-13-9-14(20)5-7-17(13)25-3/h4-9H,10-11H2,1-3H3. The lowest BCUT2D eigenvalue weighted by molar-refractivity contribution is -0.114. The normalized spacial score (nSPS) is 13.6. The van der Waals surface area contributed by atoms with Gasteiger partial charge in [0.2, 0.25) is 0 Å². The van der Waals surface area contributed by atoms with Crippen LogP contribution in [0.4, 0.5) is 5.69 Å². The molecule has 2 aromatic rings. The zero-order valence-corrected chi connectivity index (χ0v) is 16.0. The highest BCUT2D eigenvalue weighted by Crippen LogP contribution is 2.30. The van der Waals surface area contributed by atoms with Crippen LogP contribution in [-0.4, -0.2) is 37.4 Å². The Kier molecular flexibility index (Phi) is 4.92. The van der Waals surface area contributed by atoms with Gasteiger partial charge in [-0.15, -0.1) is 0 Å². The number of halogens is 1. The number of fused-ring (bicyclic) bond motifs is 1. The van der Waals surface area contributed by atoms with E-state index in [-0.39, 0.29) is 0 Å². The van der Waals surface area contributed by atoms with Crippen molar-refractivity contribution in [2.24, 2.45) is 0 Å². The smallest absolute Gasteiger partial charge is 0.300 e. The van der Waals surface area contributed by atoms with Gasteiger partial charge in [0, 0.05) is 16.6 Å². The second kappa shape index (κ2) is 6.98. The molecule has 1 aliphatic rings. The summed E-state index contributed by atoms with van der Waals surface area (Å²) in [5.74, 6) is -0.129. The number of carbonyl (C=O) groups excluding carboxylic acids is 2. The summed E-state index contributed by atoms with van der Waals surface area (Å²) >= 11 is 3.47. The van der Waals surface area contributed by atoms with E-state index in [0.717, 1.165) is 21.3 Å². The van der Waals surface area contributed by atoms with Gasteiger partial charge in [-0.2, -0.15) is 0 Å².